The third-order valence-electron chi connectivity index (χ3n) is 3.95. The molecule has 2 aromatic carbocycles. The SMILES string of the molecule is O=c1cc(CO)[nH]c2c(-c3ccccc3)c(-c3ccccc3)nn12. The van der Waals surface area contributed by atoms with E-state index in [9.17, 15) is 9.90 Å². The van der Waals surface area contributed by atoms with Crippen molar-refractivity contribution < 1.29 is 5.11 Å². The first-order valence-electron chi connectivity index (χ1n) is 7.64. The van der Waals surface area contributed by atoms with Crippen LogP contribution >= 0.6 is 0 Å². The summed E-state index contributed by atoms with van der Waals surface area (Å²) in [4.78, 5) is 15.5. The summed E-state index contributed by atoms with van der Waals surface area (Å²) in [5, 5.41) is 13.9. The number of aliphatic hydroxyl groups is 1. The highest BCUT2D eigenvalue weighted by Crippen LogP contribution is 2.33. The van der Waals surface area contributed by atoms with E-state index >= 15 is 0 Å². The predicted molar refractivity (Wildman–Crippen MR) is 92.6 cm³/mol. The Bertz CT molecular complexity index is 1050. The van der Waals surface area contributed by atoms with Crippen LogP contribution in [0.25, 0.3) is 28.0 Å². The maximum atomic E-state index is 12.4. The lowest BCUT2D eigenvalue weighted by atomic mass is 10.0. The summed E-state index contributed by atoms with van der Waals surface area (Å²) in [6, 6.07) is 20.9. The topological polar surface area (TPSA) is 70.4 Å². The number of rotatable bonds is 3. The summed E-state index contributed by atoms with van der Waals surface area (Å²) >= 11 is 0. The average molecular weight is 317 g/mol. The minimum absolute atomic E-state index is 0.230. The molecule has 0 radical (unpaired) electrons. The normalized spacial score (nSPS) is 11.0. The molecule has 2 aromatic heterocycles. The van der Waals surface area contributed by atoms with Crippen molar-refractivity contribution in [1.82, 2.24) is 14.6 Å². The van der Waals surface area contributed by atoms with Crippen molar-refractivity contribution in [3.63, 3.8) is 0 Å². The summed E-state index contributed by atoms with van der Waals surface area (Å²) in [5.41, 5.74) is 4.22. The first-order chi connectivity index (χ1) is 11.8. The van der Waals surface area contributed by atoms with Gasteiger partial charge in [0.2, 0.25) is 0 Å². The first-order valence-corrected chi connectivity index (χ1v) is 7.64. The van der Waals surface area contributed by atoms with Crippen molar-refractivity contribution in [3.05, 3.63) is 82.8 Å². The molecule has 0 aliphatic heterocycles. The van der Waals surface area contributed by atoms with Crippen LogP contribution in [0.3, 0.4) is 0 Å². The van der Waals surface area contributed by atoms with E-state index in [1.54, 1.807) is 0 Å². The van der Waals surface area contributed by atoms with Crippen molar-refractivity contribution in [2.45, 2.75) is 6.61 Å². The van der Waals surface area contributed by atoms with E-state index in [2.05, 4.69) is 10.1 Å². The molecule has 4 rings (SSSR count). The van der Waals surface area contributed by atoms with E-state index in [-0.39, 0.29) is 12.2 Å². The van der Waals surface area contributed by atoms with Gasteiger partial charge in [-0.25, -0.2) is 0 Å². The number of hydrogen-bond donors (Lipinski definition) is 2. The molecule has 118 valence electrons. The number of aliphatic hydroxyl groups excluding tert-OH is 1. The molecular weight excluding hydrogens is 302 g/mol. The maximum Gasteiger partial charge on any atom is 0.274 e. The Morgan fingerprint density at radius 1 is 0.958 bits per heavy atom. The molecule has 5 nitrogen and oxygen atoms in total. The predicted octanol–water partition coefficient (Wildman–Crippen LogP) is 2.85. The van der Waals surface area contributed by atoms with Gasteiger partial charge in [-0.1, -0.05) is 60.7 Å². The van der Waals surface area contributed by atoms with Gasteiger partial charge < -0.3 is 10.1 Å². The molecule has 0 aliphatic carbocycles. The lowest BCUT2D eigenvalue weighted by Gasteiger charge is -2.04. The molecule has 0 saturated carbocycles. The van der Waals surface area contributed by atoms with E-state index in [0.29, 0.717) is 11.3 Å². The zero-order chi connectivity index (χ0) is 16.5. The smallest absolute Gasteiger partial charge is 0.274 e. The molecule has 0 unspecified atom stereocenters. The van der Waals surface area contributed by atoms with Gasteiger partial charge in [0.25, 0.3) is 5.56 Å². The third kappa shape index (κ3) is 2.31. The fourth-order valence-electron chi connectivity index (χ4n) is 2.85. The van der Waals surface area contributed by atoms with Crippen LogP contribution in [0.1, 0.15) is 5.69 Å². The second kappa shape index (κ2) is 5.79. The van der Waals surface area contributed by atoms with Gasteiger partial charge in [0.15, 0.2) is 0 Å². The van der Waals surface area contributed by atoms with Crippen molar-refractivity contribution in [2.24, 2.45) is 0 Å². The molecule has 0 aliphatic rings. The largest absolute Gasteiger partial charge is 0.390 e. The van der Waals surface area contributed by atoms with Crippen LogP contribution in [0.2, 0.25) is 0 Å². The quantitative estimate of drug-likeness (QED) is 0.610. The fourth-order valence-corrected chi connectivity index (χ4v) is 2.85. The first kappa shape index (κ1) is 14.4. The number of fused-ring (bicyclic) bond motifs is 1. The van der Waals surface area contributed by atoms with Crippen molar-refractivity contribution >= 4 is 5.65 Å². The molecule has 2 heterocycles. The Hall–Kier alpha value is -3.18. The molecule has 4 aromatic rings. The van der Waals surface area contributed by atoms with Crippen LogP contribution in [-0.2, 0) is 6.61 Å². The number of aromatic nitrogens is 3. The number of aromatic amines is 1. The molecule has 0 amide bonds. The van der Waals surface area contributed by atoms with Crippen LogP contribution in [0.15, 0.2) is 71.5 Å². The Balaban J connectivity index is 2.12. The van der Waals surface area contributed by atoms with Gasteiger partial charge in [-0.15, -0.1) is 0 Å². The Kier molecular flexibility index (Phi) is 3.48. The van der Waals surface area contributed by atoms with E-state index in [1.807, 2.05) is 60.7 Å². The van der Waals surface area contributed by atoms with Crippen LogP contribution in [0.5, 0.6) is 0 Å². The Morgan fingerprint density at radius 2 is 1.58 bits per heavy atom. The molecule has 0 saturated heterocycles. The van der Waals surface area contributed by atoms with Gasteiger partial charge in [-0.2, -0.15) is 9.61 Å². The van der Waals surface area contributed by atoms with Crippen molar-refractivity contribution in [2.75, 3.05) is 0 Å². The number of benzene rings is 2. The second-order valence-corrected chi connectivity index (χ2v) is 5.51. The van der Waals surface area contributed by atoms with Crippen LogP contribution in [0.4, 0.5) is 0 Å². The van der Waals surface area contributed by atoms with E-state index in [4.69, 9.17) is 0 Å². The summed E-state index contributed by atoms with van der Waals surface area (Å²) in [6.45, 7) is -0.230. The molecule has 5 heteroatoms. The zero-order valence-corrected chi connectivity index (χ0v) is 12.8. The standard InChI is InChI=1S/C19H15N3O2/c23-12-15-11-16(24)22-19(20-15)17(13-7-3-1-4-8-13)18(21-22)14-9-5-2-6-10-14/h1-11,20,23H,12H2. The molecule has 0 fully saturated rings. The van der Waals surface area contributed by atoms with Gasteiger partial charge >= 0.3 is 0 Å². The van der Waals surface area contributed by atoms with E-state index in [1.165, 1.54) is 10.6 Å². The molecule has 24 heavy (non-hydrogen) atoms. The van der Waals surface area contributed by atoms with Crippen LogP contribution in [0, 0.1) is 0 Å². The summed E-state index contributed by atoms with van der Waals surface area (Å²) < 4.78 is 1.35. The summed E-state index contributed by atoms with van der Waals surface area (Å²) in [7, 11) is 0. The summed E-state index contributed by atoms with van der Waals surface area (Å²) in [6.07, 6.45) is 0. The third-order valence-corrected chi connectivity index (χ3v) is 3.95. The Labute approximate surface area is 137 Å². The van der Waals surface area contributed by atoms with Gasteiger partial charge in [0, 0.05) is 17.3 Å². The highest BCUT2D eigenvalue weighted by molar-refractivity contribution is 5.90. The summed E-state index contributed by atoms with van der Waals surface area (Å²) in [5.74, 6) is 0. The molecule has 0 spiro atoms. The lowest BCUT2D eigenvalue weighted by Crippen LogP contribution is -2.15. The molecule has 2 N–H and O–H groups in total. The zero-order valence-electron chi connectivity index (χ0n) is 12.8. The van der Waals surface area contributed by atoms with Gasteiger partial charge in [0.05, 0.1) is 12.2 Å². The minimum Gasteiger partial charge on any atom is -0.390 e. The molecular formula is C19H15N3O2. The average Bonchev–Trinajstić information content (AvgIpc) is 3.03. The van der Waals surface area contributed by atoms with Crippen molar-refractivity contribution in [3.8, 4) is 22.4 Å². The maximum absolute atomic E-state index is 12.4. The lowest BCUT2D eigenvalue weighted by molar-refractivity contribution is 0.277. The van der Waals surface area contributed by atoms with Gasteiger partial charge in [-0.3, -0.25) is 4.79 Å². The van der Waals surface area contributed by atoms with Gasteiger partial charge in [0.1, 0.15) is 11.3 Å². The highest BCUT2D eigenvalue weighted by Gasteiger charge is 2.18. The number of nitrogens with one attached hydrogen (secondary N) is 1. The number of hydrogen-bond acceptors (Lipinski definition) is 3. The van der Waals surface area contributed by atoms with Crippen LogP contribution < -0.4 is 5.56 Å². The van der Waals surface area contributed by atoms with Gasteiger partial charge in [-0.05, 0) is 5.56 Å². The molecule has 0 bridgehead atoms. The van der Waals surface area contributed by atoms with E-state index < -0.39 is 0 Å². The second-order valence-electron chi connectivity index (χ2n) is 5.51. The van der Waals surface area contributed by atoms with Crippen LogP contribution in [-0.4, -0.2) is 19.7 Å². The fraction of sp³-hybridized carbons (Fsp3) is 0.0526. The Morgan fingerprint density at radius 3 is 2.21 bits per heavy atom. The minimum atomic E-state index is -0.271. The number of nitrogens with zero attached hydrogens (tertiary/aromatic N) is 2. The monoisotopic (exact) mass is 317 g/mol. The van der Waals surface area contributed by atoms with Crippen molar-refractivity contribution in [1.29, 1.82) is 0 Å². The molecule has 0 atom stereocenters. The highest BCUT2D eigenvalue weighted by atomic mass is 16.3. The van der Waals surface area contributed by atoms with E-state index in [0.717, 1.165) is 22.4 Å². The number of H-pyrrole nitrogens is 1.